The van der Waals surface area contributed by atoms with Crippen molar-refractivity contribution in [1.29, 1.82) is 0 Å². The average Bonchev–Trinajstić information content (AvgIpc) is 3.73. The molecule has 0 spiro atoms. The first-order valence-corrected chi connectivity index (χ1v) is 19.2. The van der Waals surface area contributed by atoms with E-state index in [1.807, 2.05) is 0 Å². The molecule has 3 saturated heterocycles. The number of rotatable bonds is 2. The molecule has 3 aliphatic rings. The molecule has 45 heavy (non-hydrogen) atoms. The van der Waals surface area contributed by atoms with Gasteiger partial charge in [0.2, 0.25) is 0 Å². The average molecular weight is 743 g/mol. The summed E-state index contributed by atoms with van der Waals surface area (Å²) < 4.78 is 64.2. The molecule has 3 aliphatic heterocycles. The Morgan fingerprint density at radius 1 is 0.867 bits per heavy atom. The summed E-state index contributed by atoms with van der Waals surface area (Å²) in [6, 6.07) is 3.06. The van der Waals surface area contributed by atoms with Crippen LogP contribution in [0.5, 0.6) is 0 Å². The molecular formula is C22H22Cl2N6O11P2S2. The molecule has 7 rings (SSSR count). The highest BCUT2D eigenvalue weighted by Gasteiger charge is 2.53. The Kier molecular flexibility index (Phi) is 8.44. The lowest BCUT2D eigenvalue weighted by atomic mass is 10.1. The van der Waals surface area contributed by atoms with Crippen LogP contribution >= 0.6 is 61.3 Å². The van der Waals surface area contributed by atoms with Crippen LogP contribution in [-0.4, -0.2) is 89.1 Å². The minimum Gasteiger partial charge on any atom is -0.387 e. The van der Waals surface area contributed by atoms with Crippen LogP contribution in [0.15, 0.2) is 35.9 Å². The van der Waals surface area contributed by atoms with E-state index in [4.69, 9.17) is 50.8 Å². The third-order valence-electron chi connectivity index (χ3n) is 7.47. The molecule has 10 atom stereocenters. The van der Waals surface area contributed by atoms with Crippen LogP contribution in [-0.2, 0) is 36.7 Å². The number of aliphatic hydroxyl groups excluding tert-OH is 2. The molecule has 3 N–H and O–H groups in total. The molecule has 0 aliphatic carbocycles. The van der Waals surface area contributed by atoms with Gasteiger partial charge in [-0.05, 0) is 12.1 Å². The topological polar surface area (TPSA) is 211 Å². The highest BCUT2D eigenvalue weighted by atomic mass is 35.5. The molecular weight excluding hydrogens is 721 g/mol. The fourth-order valence-electron chi connectivity index (χ4n) is 5.37. The van der Waals surface area contributed by atoms with E-state index < -0.39 is 81.4 Å². The smallest absolute Gasteiger partial charge is 0.386 e. The van der Waals surface area contributed by atoms with E-state index in [0.29, 0.717) is 11.0 Å². The second-order valence-corrected chi connectivity index (χ2v) is 16.8. The Morgan fingerprint density at radius 2 is 1.42 bits per heavy atom. The standard InChI is InChI=1S/C22H22Cl2N6O11P2S2/c23-8-1-10-11(2-9(8)24)29(6-27-10)21-17-15(31)12(38-21)3-36-43(35,45)41-18-16(32)13(4-37-42(34,44)40-17)39-22(18)30-7-28-14-19(30)25-5-26-20(14)33/h1-2,5-7,12-13,15-18,21-22,31-32H,3-4H2,(H,34,44)(H,35,45)(H,25,26,33). The summed E-state index contributed by atoms with van der Waals surface area (Å²) in [5, 5.41) is 22.9. The Bertz CT molecular complexity index is 1950. The number of aromatic nitrogens is 6. The second-order valence-electron chi connectivity index (χ2n) is 10.2. The number of thiol groups is 2. The Labute approximate surface area is 272 Å². The van der Waals surface area contributed by atoms with Gasteiger partial charge in [-0.3, -0.25) is 27.5 Å². The van der Waals surface area contributed by atoms with Gasteiger partial charge in [0.25, 0.3) is 5.56 Å². The predicted octanol–water partition coefficient (Wildman–Crippen LogP) is 2.89. The monoisotopic (exact) mass is 742 g/mol. The van der Waals surface area contributed by atoms with Crippen molar-refractivity contribution < 1.29 is 46.9 Å². The van der Waals surface area contributed by atoms with Crippen molar-refractivity contribution in [2.75, 3.05) is 13.2 Å². The van der Waals surface area contributed by atoms with E-state index in [-0.39, 0.29) is 21.2 Å². The summed E-state index contributed by atoms with van der Waals surface area (Å²) in [7, 11) is 0. The van der Waals surface area contributed by atoms with Gasteiger partial charge in [-0.15, -0.1) is 0 Å². The van der Waals surface area contributed by atoms with Gasteiger partial charge in [0.05, 0.1) is 53.3 Å². The van der Waals surface area contributed by atoms with Gasteiger partial charge >= 0.3 is 13.6 Å². The zero-order valence-electron chi connectivity index (χ0n) is 22.3. The minimum atomic E-state index is -4.33. The molecule has 0 saturated carbocycles. The number of H-pyrrole nitrogens is 1. The second kappa shape index (κ2) is 11.9. The number of halogens is 2. The lowest BCUT2D eigenvalue weighted by Crippen LogP contribution is -2.37. The molecule has 3 fully saturated rings. The highest BCUT2D eigenvalue weighted by Crippen LogP contribution is 2.60. The third kappa shape index (κ3) is 5.91. The summed E-state index contributed by atoms with van der Waals surface area (Å²) in [4.78, 5) is 27.0. The van der Waals surface area contributed by atoms with Crippen molar-refractivity contribution >= 4 is 83.5 Å². The molecule has 6 heterocycles. The van der Waals surface area contributed by atoms with Gasteiger partial charge < -0.3 is 29.2 Å². The van der Waals surface area contributed by atoms with E-state index in [1.54, 1.807) is 0 Å². The molecule has 0 radical (unpaired) electrons. The van der Waals surface area contributed by atoms with Gasteiger partial charge in [-0.1, -0.05) is 47.7 Å². The largest absolute Gasteiger partial charge is 0.387 e. The van der Waals surface area contributed by atoms with Crippen LogP contribution in [0, 0.1) is 0 Å². The van der Waals surface area contributed by atoms with E-state index in [0.717, 1.165) is 6.33 Å². The molecule has 242 valence electrons. The van der Waals surface area contributed by atoms with Gasteiger partial charge in [0.15, 0.2) is 23.6 Å². The predicted molar refractivity (Wildman–Crippen MR) is 163 cm³/mol. The van der Waals surface area contributed by atoms with E-state index in [9.17, 15) is 24.1 Å². The third-order valence-corrected chi connectivity index (χ3v) is 11.4. The molecule has 0 amide bonds. The van der Waals surface area contributed by atoms with Crippen LogP contribution in [0.4, 0.5) is 0 Å². The van der Waals surface area contributed by atoms with Crippen molar-refractivity contribution in [1.82, 2.24) is 29.1 Å². The van der Waals surface area contributed by atoms with E-state index in [2.05, 4.69) is 44.4 Å². The van der Waals surface area contributed by atoms with Crippen molar-refractivity contribution in [2.45, 2.75) is 49.1 Å². The number of aromatic amines is 1. The van der Waals surface area contributed by atoms with Crippen LogP contribution < -0.4 is 5.56 Å². The van der Waals surface area contributed by atoms with Crippen molar-refractivity contribution in [3.8, 4) is 0 Å². The van der Waals surface area contributed by atoms with Gasteiger partial charge in [0, 0.05) is 0 Å². The van der Waals surface area contributed by atoms with Crippen molar-refractivity contribution in [3.63, 3.8) is 0 Å². The number of aliphatic hydroxyl groups is 2. The fourth-order valence-corrected chi connectivity index (χ4v) is 8.60. The summed E-state index contributed by atoms with van der Waals surface area (Å²) in [6.07, 6.45) is -7.15. The van der Waals surface area contributed by atoms with Gasteiger partial charge in [-0.2, -0.15) is 0 Å². The van der Waals surface area contributed by atoms with Gasteiger partial charge in [0.1, 0.15) is 36.6 Å². The van der Waals surface area contributed by atoms with Crippen LogP contribution in [0.3, 0.4) is 0 Å². The Morgan fingerprint density at radius 3 is 2.04 bits per heavy atom. The van der Waals surface area contributed by atoms with Crippen LogP contribution in [0.25, 0.3) is 22.2 Å². The maximum Gasteiger partial charge on any atom is 0.386 e. The quantitative estimate of drug-likeness (QED) is 0.148. The number of hydrogen-bond donors (Lipinski definition) is 5. The summed E-state index contributed by atoms with van der Waals surface area (Å²) >= 11 is 20.5. The number of nitrogens with one attached hydrogen (secondary N) is 1. The van der Waals surface area contributed by atoms with Gasteiger partial charge in [-0.25, -0.2) is 24.1 Å². The fraction of sp³-hybridized carbons (Fsp3) is 0.455. The van der Waals surface area contributed by atoms with Crippen LogP contribution in [0.1, 0.15) is 12.5 Å². The SMILES string of the molecule is O=c1[nH]cnc2c1ncn2C1OC2COP(=O)(S)OC3C(O)C(COP(=O)(S)OC1C2O)OC3n1cnc2cc(Cl)c(Cl)cc21. The van der Waals surface area contributed by atoms with E-state index >= 15 is 0 Å². The summed E-state index contributed by atoms with van der Waals surface area (Å²) in [6.45, 7) is -9.78. The zero-order chi connectivity index (χ0) is 31.8. The maximum absolute atomic E-state index is 13.5. The minimum absolute atomic E-state index is 0.0359. The summed E-state index contributed by atoms with van der Waals surface area (Å²) in [5.74, 6) is 0. The molecule has 1 aromatic carbocycles. The number of ether oxygens (including phenoxy) is 2. The lowest BCUT2D eigenvalue weighted by Gasteiger charge is -2.26. The molecule has 4 aromatic rings. The maximum atomic E-state index is 13.5. The van der Waals surface area contributed by atoms with Crippen LogP contribution in [0.2, 0.25) is 10.0 Å². The first-order chi connectivity index (χ1) is 21.3. The number of nitrogens with zero attached hydrogens (tertiary/aromatic N) is 5. The Balaban J connectivity index is 1.22. The number of fused-ring (bicyclic) bond motifs is 6. The number of benzene rings is 1. The number of hydrogen-bond acceptors (Lipinski definition) is 14. The van der Waals surface area contributed by atoms with E-state index in [1.165, 1.54) is 33.9 Å². The first-order valence-electron chi connectivity index (χ1n) is 13.0. The highest BCUT2D eigenvalue weighted by molar-refractivity contribution is 8.44. The molecule has 23 heteroatoms. The Hall–Kier alpha value is -1.54. The zero-order valence-corrected chi connectivity index (χ0v) is 27.4. The number of imidazole rings is 2. The molecule has 3 aromatic heterocycles. The van der Waals surface area contributed by atoms with Crippen molar-refractivity contribution in [2.24, 2.45) is 0 Å². The van der Waals surface area contributed by atoms with Crippen molar-refractivity contribution in [3.05, 3.63) is 51.5 Å². The summed E-state index contributed by atoms with van der Waals surface area (Å²) in [5.41, 5.74) is 0.375. The molecule has 4 bridgehead atoms. The normalized spacial score (nSPS) is 37.7. The molecule has 17 nitrogen and oxygen atoms in total. The molecule has 10 unspecified atom stereocenters. The lowest BCUT2D eigenvalue weighted by molar-refractivity contribution is -0.0583. The first kappa shape index (κ1) is 32.0.